The van der Waals surface area contributed by atoms with Gasteiger partial charge in [0.05, 0.1) is 21.8 Å². The van der Waals surface area contributed by atoms with Crippen molar-refractivity contribution < 1.29 is 4.79 Å². The maximum Gasteiger partial charge on any atom is 0.266 e. The molecule has 27 heavy (non-hydrogen) atoms. The zero-order chi connectivity index (χ0) is 19.6. The normalized spacial score (nSPS) is 12.1. The number of carbonyl (C=O) groups excluding carboxylic acids is 1. The van der Waals surface area contributed by atoms with Gasteiger partial charge in [-0.25, -0.2) is 4.98 Å². The summed E-state index contributed by atoms with van der Waals surface area (Å²) in [6.07, 6.45) is 0. The molecule has 1 heterocycles. The highest BCUT2D eigenvalue weighted by Gasteiger charge is 2.20. The molecule has 0 unspecified atom stereocenters. The van der Waals surface area contributed by atoms with E-state index in [1.165, 1.54) is 11.8 Å². The van der Waals surface area contributed by atoms with Gasteiger partial charge in [-0.05, 0) is 63.1 Å². The van der Waals surface area contributed by atoms with Crippen molar-refractivity contribution >= 4 is 28.6 Å². The first-order chi connectivity index (χ1) is 12.9. The summed E-state index contributed by atoms with van der Waals surface area (Å²) in [6.45, 7) is 8.27. The van der Waals surface area contributed by atoms with E-state index in [0.717, 1.165) is 16.8 Å². The Labute approximate surface area is 162 Å². The molecule has 3 rings (SSSR count). The van der Waals surface area contributed by atoms with Gasteiger partial charge < -0.3 is 5.32 Å². The molecule has 1 atom stereocenters. The number of amides is 1. The lowest BCUT2D eigenvalue weighted by Crippen LogP contribution is -2.31. The minimum Gasteiger partial charge on any atom is -0.355 e. The summed E-state index contributed by atoms with van der Waals surface area (Å²) in [4.78, 5) is 30.2. The van der Waals surface area contributed by atoms with Crippen LogP contribution in [0.3, 0.4) is 0 Å². The zero-order valence-corrected chi connectivity index (χ0v) is 16.8. The van der Waals surface area contributed by atoms with Gasteiger partial charge in [-0.15, -0.1) is 0 Å². The second-order valence-corrected chi connectivity index (χ2v) is 7.86. The third-order valence-corrected chi connectivity index (χ3v) is 5.26. The Kier molecular flexibility index (Phi) is 5.65. The predicted octanol–water partition coefficient (Wildman–Crippen LogP) is 3.62. The second kappa shape index (κ2) is 7.96. The fraction of sp³-hybridized carbons (Fsp3) is 0.286. The maximum atomic E-state index is 13.3. The molecule has 5 nitrogen and oxygen atoms in total. The van der Waals surface area contributed by atoms with Crippen molar-refractivity contribution in [2.45, 2.75) is 38.1 Å². The Balaban J connectivity index is 2.21. The number of rotatable bonds is 5. The highest BCUT2D eigenvalue weighted by atomic mass is 32.2. The molecule has 1 amide bonds. The number of nitrogens with zero attached hydrogens (tertiary/aromatic N) is 2. The van der Waals surface area contributed by atoms with E-state index in [9.17, 15) is 9.59 Å². The van der Waals surface area contributed by atoms with Gasteiger partial charge in [-0.1, -0.05) is 30.0 Å². The van der Waals surface area contributed by atoms with Gasteiger partial charge in [0.2, 0.25) is 5.91 Å². The summed E-state index contributed by atoms with van der Waals surface area (Å²) < 4.78 is 1.61. The minimum atomic E-state index is -0.366. The number of carbonyl (C=O) groups is 1. The number of para-hydroxylation sites is 1. The topological polar surface area (TPSA) is 64.0 Å². The molecule has 0 fully saturated rings. The number of hydrogen-bond acceptors (Lipinski definition) is 4. The van der Waals surface area contributed by atoms with Gasteiger partial charge >= 0.3 is 0 Å². The van der Waals surface area contributed by atoms with E-state index in [4.69, 9.17) is 4.98 Å². The highest BCUT2D eigenvalue weighted by Crippen LogP contribution is 2.26. The number of benzene rings is 2. The molecular formula is C21H23N3O2S. The number of thioether (sulfide) groups is 1. The van der Waals surface area contributed by atoms with Crippen molar-refractivity contribution in [3.05, 3.63) is 63.9 Å². The summed E-state index contributed by atoms with van der Waals surface area (Å²) in [5, 5.41) is 3.53. The van der Waals surface area contributed by atoms with Crippen molar-refractivity contribution in [3.63, 3.8) is 0 Å². The predicted molar refractivity (Wildman–Crippen MR) is 111 cm³/mol. The Morgan fingerprint density at radius 1 is 1.19 bits per heavy atom. The fourth-order valence-electron chi connectivity index (χ4n) is 3.03. The van der Waals surface area contributed by atoms with E-state index < -0.39 is 0 Å². The lowest BCUT2D eigenvalue weighted by molar-refractivity contribution is -0.120. The average Bonchev–Trinajstić information content (AvgIpc) is 2.61. The lowest BCUT2D eigenvalue weighted by Gasteiger charge is -2.17. The van der Waals surface area contributed by atoms with Gasteiger partial charge in [0, 0.05) is 6.54 Å². The average molecular weight is 382 g/mol. The molecule has 0 aliphatic carbocycles. The first-order valence-corrected chi connectivity index (χ1v) is 9.83. The molecule has 0 radical (unpaired) electrons. The second-order valence-electron chi connectivity index (χ2n) is 6.55. The van der Waals surface area contributed by atoms with Crippen LogP contribution in [0.25, 0.3) is 16.6 Å². The minimum absolute atomic E-state index is 0.0723. The first kappa shape index (κ1) is 19.2. The van der Waals surface area contributed by atoms with E-state index >= 15 is 0 Å². The van der Waals surface area contributed by atoms with E-state index in [1.54, 1.807) is 10.6 Å². The Bertz CT molecular complexity index is 1040. The molecular weight excluding hydrogens is 358 g/mol. The number of nitrogens with one attached hydrogen (secondary N) is 1. The lowest BCUT2D eigenvalue weighted by atomic mass is 10.1. The quantitative estimate of drug-likeness (QED) is 0.542. The molecule has 0 bridgehead atoms. The number of aryl methyl sites for hydroxylation is 2. The molecule has 2 aromatic carbocycles. The van der Waals surface area contributed by atoms with Crippen LogP contribution in [0, 0.1) is 13.8 Å². The number of fused-ring (bicyclic) bond motifs is 1. The van der Waals surface area contributed by atoms with Gasteiger partial charge in [0.15, 0.2) is 5.16 Å². The molecule has 1 N–H and O–H groups in total. The van der Waals surface area contributed by atoms with Gasteiger partial charge in [-0.3, -0.25) is 14.2 Å². The van der Waals surface area contributed by atoms with Crippen LogP contribution in [0.2, 0.25) is 0 Å². The molecule has 1 aromatic heterocycles. The Morgan fingerprint density at radius 2 is 1.85 bits per heavy atom. The standard InChI is InChI=1S/C21H23N3O2S/c1-5-22-19(25)15(4)27-21-23-18-9-7-6-8-17(18)20(26)24(21)16-11-13(2)10-14(3)12-16/h6-12,15H,5H2,1-4H3,(H,22,25)/t15-/m0/s1. The molecule has 140 valence electrons. The summed E-state index contributed by atoms with van der Waals surface area (Å²) in [6, 6.07) is 13.3. The largest absolute Gasteiger partial charge is 0.355 e. The van der Waals surface area contributed by atoms with Crippen LogP contribution in [0.4, 0.5) is 0 Å². The van der Waals surface area contributed by atoms with E-state index in [2.05, 4.69) is 11.4 Å². The Hall–Kier alpha value is -2.60. The first-order valence-electron chi connectivity index (χ1n) is 8.95. The van der Waals surface area contributed by atoms with Crippen LogP contribution in [-0.2, 0) is 4.79 Å². The molecule has 0 saturated heterocycles. The fourth-order valence-corrected chi connectivity index (χ4v) is 3.98. The van der Waals surface area contributed by atoms with Crippen LogP contribution in [0.15, 0.2) is 52.4 Å². The number of hydrogen-bond donors (Lipinski definition) is 1. The molecule has 0 aliphatic heterocycles. The van der Waals surface area contributed by atoms with Crippen LogP contribution >= 0.6 is 11.8 Å². The van der Waals surface area contributed by atoms with Crippen molar-refractivity contribution in [2.75, 3.05) is 6.54 Å². The third-order valence-electron chi connectivity index (χ3n) is 4.21. The van der Waals surface area contributed by atoms with Crippen LogP contribution in [-0.4, -0.2) is 27.3 Å². The molecule has 6 heteroatoms. The van der Waals surface area contributed by atoms with Crippen molar-refractivity contribution in [3.8, 4) is 5.69 Å². The summed E-state index contributed by atoms with van der Waals surface area (Å²) in [5.41, 5.74) is 3.40. The number of aromatic nitrogens is 2. The molecule has 0 spiro atoms. The molecule has 0 aliphatic rings. The van der Waals surface area contributed by atoms with Crippen LogP contribution in [0.1, 0.15) is 25.0 Å². The van der Waals surface area contributed by atoms with Crippen molar-refractivity contribution in [1.29, 1.82) is 0 Å². The maximum absolute atomic E-state index is 13.3. The summed E-state index contributed by atoms with van der Waals surface area (Å²) in [7, 11) is 0. The highest BCUT2D eigenvalue weighted by molar-refractivity contribution is 8.00. The van der Waals surface area contributed by atoms with Crippen molar-refractivity contribution in [2.24, 2.45) is 0 Å². The van der Waals surface area contributed by atoms with E-state index in [0.29, 0.717) is 22.6 Å². The summed E-state index contributed by atoms with van der Waals surface area (Å²) >= 11 is 1.29. The van der Waals surface area contributed by atoms with Crippen molar-refractivity contribution in [1.82, 2.24) is 14.9 Å². The summed E-state index contributed by atoms with van der Waals surface area (Å²) in [5.74, 6) is -0.0723. The zero-order valence-electron chi connectivity index (χ0n) is 15.9. The smallest absolute Gasteiger partial charge is 0.266 e. The van der Waals surface area contributed by atoms with Crippen LogP contribution in [0.5, 0.6) is 0 Å². The van der Waals surface area contributed by atoms with E-state index in [1.807, 2.05) is 58.0 Å². The monoisotopic (exact) mass is 381 g/mol. The SMILES string of the molecule is CCNC(=O)[C@H](C)Sc1nc2ccccc2c(=O)n1-c1cc(C)cc(C)c1. The molecule has 0 saturated carbocycles. The Morgan fingerprint density at radius 3 is 2.52 bits per heavy atom. The van der Waals surface area contributed by atoms with Gasteiger partial charge in [0.1, 0.15) is 0 Å². The van der Waals surface area contributed by atoms with Crippen LogP contribution < -0.4 is 10.9 Å². The van der Waals surface area contributed by atoms with Gasteiger partial charge in [0.25, 0.3) is 5.56 Å². The third kappa shape index (κ3) is 4.06. The molecule has 3 aromatic rings. The van der Waals surface area contributed by atoms with E-state index in [-0.39, 0.29) is 16.7 Å². The van der Waals surface area contributed by atoms with Gasteiger partial charge in [-0.2, -0.15) is 0 Å².